The first-order valence-corrected chi connectivity index (χ1v) is 8.42. The lowest BCUT2D eigenvalue weighted by molar-refractivity contribution is -0.0439. The predicted octanol–water partition coefficient (Wildman–Crippen LogP) is 3.62. The lowest BCUT2D eigenvalue weighted by atomic mass is 10.2. The predicted molar refractivity (Wildman–Crippen MR) is 84.0 cm³/mol. The van der Waals surface area contributed by atoms with E-state index in [0.29, 0.717) is 0 Å². The highest BCUT2D eigenvalue weighted by Crippen LogP contribution is 2.42. The molecule has 0 saturated carbocycles. The van der Waals surface area contributed by atoms with Crippen molar-refractivity contribution in [3.8, 4) is 0 Å². The molecule has 1 aliphatic rings. The molecule has 0 N–H and O–H groups in total. The lowest BCUT2D eigenvalue weighted by Crippen LogP contribution is -2.36. The number of alkyl halides is 2. The molecule has 1 heterocycles. The highest BCUT2D eigenvalue weighted by atomic mass is 79.9. The van der Waals surface area contributed by atoms with Crippen molar-refractivity contribution in [3.63, 3.8) is 0 Å². The Bertz CT molecular complexity index is 545. The van der Waals surface area contributed by atoms with Crippen molar-refractivity contribution in [3.05, 3.63) is 35.9 Å². The van der Waals surface area contributed by atoms with Crippen LogP contribution < -0.4 is 0 Å². The molecule has 9 heteroatoms. The summed E-state index contributed by atoms with van der Waals surface area (Å²) in [5.74, 6) is 0. The van der Waals surface area contributed by atoms with Crippen molar-refractivity contribution in [1.29, 1.82) is 0 Å². The fraction of sp³-hybridized carbons (Fsp3) is 0.429. The summed E-state index contributed by atoms with van der Waals surface area (Å²) in [4.78, 5) is 22.9. The van der Waals surface area contributed by atoms with Crippen LogP contribution in [-0.2, 0) is 25.6 Å². The van der Waals surface area contributed by atoms with Crippen molar-refractivity contribution in [2.75, 3.05) is 7.11 Å². The highest BCUT2D eigenvalue weighted by Gasteiger charge is 2.49. The molecule has 0 aromatic heterocycles. The van der Waals surface area contributed by atoms with Crippen molar-refractivity contribution < 1.29 is 32.9 Å². The van der Waals surface area contributed by atoms with Gasteiger partial charge in [-0.3, -0.25) is 0 Å². The number of benzene rings is 1. The van der Waals surface area contributed by atoms with Crippen LogP contribution in [0.1, 0.15) is 5.56 Å². The molecule has 4 atom stereocenters. The average molecular weight is 409 g/mol. The van der Waals surface area contributed by atoms with E-state index in [-0.39, 0.29) is 6.61 Å². The van der Waals surface area contributed by atoms with Crippen LogP contribution in [0.3, 0.4) is 0 Å². The van der Waals surface area contributed by atoms with Gasteiger partial charge in [0.25, 0.3) is 0 Å². The number of hydrogen-bond donors (Lipinski definition) is 0. The third kappa shape index (κ3) is 5.00. The lowest BCUT2D eigenvalue weighted by Gasteiger charge is -2.19. The number of hydrogen-bond acceptors (Lipinski definition) is 7. The first kappa shape index (κ1) is 17.9. The van der Waals surface area contributed by atoms with Gasteiger partial charge in [-0.25, -0.2) is 14.0 Å². The van der Waals surface area contributed by atoms with E-state index in [9.17, 15) is 14.0 Å². The van der Waals surface area contributed by atoms with Crippen LogP contribution in [0.2, 0.25) is 0 Å². The van der Waals surface area contributed by atoms with E-state index in [1.807, 2.05) is 6.07 Å². The molecule has 6 nitrogen and oxygen atoms in total. The van der Waals surface area contributed by atoms with Crippen LogP contribution >= 0.6 is 27.7 Å². The maximum Gasteiger partial charge on any atom is 0.509 e. The summed E-state index contributed by atoms with van der Waals surface area (Å²) in [6.45, 7) is -0.00322. The molecule has 0 spiro atoms. The van der Waals surface area contributed by atoms with E-state index in [2.05, 4.69) is 20.7 Å². The zero-order valence-electron chi connectivity index (χ0n) is 12.0. The number of halogens is 2. The van der Waals surface area contributed by atoms with Crippen molar-refractivity contribution in [1.82, 2.24) is 0 Å². The maximum absolute atomic E-state index is 14.1. The number of thioether (sulfide) groups is 1. The zero-order valence-corrected chi connectivity index (χ0v) is 14.4. The molecule has 1 aliphatic heterocycles. The molecule has 1 aromatic carbocycles. The number of ether oxygens (including phenoxy) is 4. The van der Waals surface area contributed by atoms with Crippen molar-refractivity contribution >= 4 is 40.0 Å². The molecule has 1 saturated heterocycles. The topological polar surface area (TPSA) is 71.1 Å². The van der Waals surface area contributed by atoms with E-state index < -0.39 is 34.2 Å². The molecule has 1 aromatic rings. The third-order valence-corrected chi connectivity index (χ3v) is 5.21. The average Bonchev–Trinajstić information content (AvgIpc) is 2.81. The minimum absolute atomic E-state index is 0.00322. The second-order valence-electron chi connectivity index (χ2n) is 4.48. The van der Waals surface area contributed by atoms with E-state index in [1.54, 1.807) is 24.3 Å². The Labute approximate surface area is 144 Å². The summed E-state index contributed by atoms with van der Waals surface area (Å²) in [6.07, 6.45) is -4.87. The zero-order chi connectivity index (χ0) is 16.8. The SMILES string of the molecule is COC(=O)O[C@@H]1SC(Br)[C@@H](F)[C@@H]1OC(=O)OCc1ccccc1. The van der Waals surface area contributed by atoms with Gasteiger partial charge in [-0.2, -0.15) is 0 Å². The quantitative estimate of drug-likeness (QED) is 0.556. The molecule has 126 valence electrons. The summed E-state index contributed by atoms with van der Waals surface area (Å²) in [5, 5.41) is 0. The van der Waals surface area contributed by atoms with Gasteiger partial charge in [0.05, 0.1) is 11.3 Å². The molecule has 0 radical (unpaired) electrons. The Hall–Kier alpha value is -1.48. The smallest absolute Gasteiger partial charge is 0.438 e. The Morgan fingerprint density at radius 1 is 1.22 bits per heavy atom. The molecular weight excluding hydrogens is 395 g/mol. The van der Waals surface area contributed by atoms with Crippen LogP contribution in [0.4, 0.5) is 14.0 Å². The Kier molecular flexibility index (Phi) is 6.52. The Morgan fingerprint density at radius 3 is 2.57 bits per heavy atom. The molecule has 2 rings (SSSR count). The minimum atomic E-state index is -1.56. The van der Waals surface area contributed by atoms with Gasteiger partial charge in [-0.15, -0.1) is 0 Å². The Morgan fingerprint density at radius 2 is 1.91 bits per heavy atom. The highest BCUT2D eigenvalue weighted by molar-refractivity contribution is 9.11. The van der Waals surface area contributed by atoms with Crippen molar-refractivity contribution in [2.24, 2.45) is 0 Å². The van der Waals surface area contributed by atoms with Crippen LogP contribution in [-0.4, -0.2) is 41.3 Å². The van der Waals surface area contributed by atoms with Gasteiger partial charge in [0.1, 0.15) is 6.61 Å². The van der Waals surface area contributed by atoms with Crippen LogP contribution in [0, 0.1) is 0 Å². The molecule has 0 bridgehead atoms. The molecule has 0 amide bonds. The Balaban J connectivity index is 1.90. The standard InChI is InChI=1S/C14H14BrFO6S/c1-19-13(17)22-12-10(9(16)11(15)23-12)21-14(18)20-7-8-5-3-2-4-6-8/h2-6,9-12H,7H2,1H3/t9-,10-,11?,12+/m0/s1. The fourth-order valence-corrected chi connectivity index (χ4v) is 3.79. The molecular formula is C14H14BrFO6S. The number of carbonyl (C=O) groups excluding carboxylic acids is 2. The van der Waals surface area contributed by atoms with Gasteiger partial charge in [-0.05, 0) is 5.56 Å². The van der Waals surface area contributed by atoms with E-state index in [1.165, 1.54) is 0 Å². The summed E-state index contributed by atoms with van der Waals surface area (Å²) in [7, 11) is 1.13. The van der Waals surface area contributed by atoms with Gasteiger partial charge in [-0.1, -0.05) is 58.0 Å². The van der Waals surface area contributed by atoms with E-state index in [0.717, 1.165) is 24.4 Å². The second-order valence-corrected chi connectivity index (χ2v) is 7.32. The normalized spacial score (nSPS) is 26.4. The minimum Gasteiger partial charge on any atom is -0.438 e. The van der Waals surface area contributed by atoms with Gasteiger partial charge < -0.3 is 18.9 Å². The summed E-state index contributed by atoms with van der Waals surface area (Å²) >= 11 is 4.05. The number of methoxy groups -OCH3 is 1. The second kappa shape index (κ2) is 8.39. The monoisotopic (exact) mass is 408 g/mol. The summed E-state index contributed by atoms with van der Waals surface area (Å²) in [6, 6.07) is 8.97. The van der Waals surface area contributed by atoms with Gasteiger partial charge in [0.2, 0.25) is 0 Å². The summed E-state index contributed by atoms with van der Waals surface area (Å²) < 4.78 is 32.5. The van der Waals surface area contributed by atoms with Crippen LogP contribution in [0.15, 0.2) is 30.3 Å². The van der Waals surface area contributed by atoms with Gasteiger partial charge in [0.15, 0.2) is 17.7 Å². The largest absolute Gasteiger partial charge is 0.509 e. The van der Waals surface area contributed by atoms with Crippen LogP contribution in [0.25, 0.3) is 0 Å². The number of rotatable bonds is 4. The van der Waals surface area contributed by atoms with Crippen molar-refractivity contribution in [2.45, 2.75) is 28.5 Å². The molecule has 0 aliphatic carbocycles. The van der Waals surface area contributed by atoms with E-state index >= 15 is 0 Å². The molecule has 1 unspecified atom stereocenters. The molecule has 23 heavy (non-hydrogen) atoms. The first-order chi connectivity index (χ1) is 11.0. The van der Waals surface area contributed by atoms with Crippen LogP contribution in [0.5, 0.6) is 0 Å². The summed E-state index contributed by atoms with van der Waals surface area (Å²) in [5.41, 5.74) is -0.256. The first-order valence-electron chi connectivity index (χ1n) is 6.57. The van der Waals surface area contributed by atoms with Gasteiger partial charge >= 0.3 is 12.3 Å². The van der Waals surface area contributed by atoms with Gasteiger partial charge in [0, 0.05) is 0 Å². The molecule has 1 fully saturated rings. The third-order valence-electron chi connectivity index (χ3n) is 2.91. The fourth-order valence-electron chi connectivity index (χ4n) is 1.80. The van der Waals surface area contributed by atoms with E-state index in [4.69, 9.17) is 14.2 Å². The number of carbonyl (C=O) groups is 2. The maximum atomic E-state index is 14.1.